The smallest absolute Gasteiger partial charge is 0.164 e. The maximum Gasteiger partial charge on any atom is 0.164 e. The van der Waals surface area contributed by atoms with E-state index < -0.39 is 0 Å². The van der Waals surface area contributed by atoms with Gasteiger partial charge in [0.25, 0.3) is 0 Å². The summed E-state index contributed by atoms with van der Waals surface area (Å²) in [7, 11) is 0. The van der Waals surface area contributed by atoms with Gasteiger partial charge in [0, 0.05) is 22.1 Å². The van der Waals surface area contributed by atoms with Gasteiger partial charge in [0.2, 0.25) is 0 Å². The molecule has 0 fully saturated rings. The topological polar surface area (TPSA) is 38.7 Å². The van der Waals surface area contributed by atoms with E-state index in [1.165, 1.54) is 38.8 Å². The lowest BCUT2D eigenvalue weighted by atomic mass is 9.77. The van der Waals surface area contributed by atoms with E-state index in [9.17, 15) is 0 Å². The Morgan fingerprint density at radius 2 is 0.837 bits per heavy atom. The van der Waals surface area contributed by atoms with Crippen LogP contribution >= 0.6 is 0 Å². The van der Waals surface area contributed by atoms with E-state index >= 15 is 0 Å². The van der Waals surface area contributed by atoms with Crippen LogP contribution in [0.2, 0.25) is 0 Å². The van der Waals surface area contributed by atoms with Gasteiger partial charge in [0.05, 0.1) is 0 Å². The van der Waals surface area contributed by atoms with Gasteiger partial charge in [-0.2, -0.15) is 0 Å². The van der Waals surface area contributed by atoms with Gasteiger partial charge < -0.3 is 0 Å². The van der Waals surface area contributed by atoms with Crippen LogP contribution in [0.1, 0.15) is 25.0 Å². The molecule has 0 unspecified atom stereocenters. The lowest BCUT2D eigenvalue weighted by Crippen LogP contribution is -2.17. The van der Waals surface area contributed by atoms with Crippen LogP contribution in [0.5, 0.6) is 0 Å². The summed E-state index contributed by atoms with van der Waals surface area (Å²) in [5, 5.41) is 2.38. The molecular weight excluding hydrogens is 522 g/mol. The molecule has 0 saturated heterocycles. The van der Waals surface area contributed by atoms with Crippen molar-refractivity contribution >= 4 is 10.8 Å². The third-order valence-corrected chi connectivity index (χ3v) is 8.69. The van der Waals surface area contributed by atoms with Gasteiger partial charge in [0.15, 0.2) is 17.5 Å². The average molecular weight is 552 g/mol. The van der Waals surface area contributed by atoms with E-state index in [1.807, 2.05) is 60.7 Å². The lowest BCUT2D eigenvalue weighted by Gasteiger charge is -2.26. The molecule has 1 aliphatic carbocycles. The Kier molecular flexibility index (Phi) is 5.80. The summed E-state index contributed by atoms with van der Waals surface area (Å²) in [6, 6.07) is 48.8. The Hall–Kier alpha value is -5.41. The molecule has 3 nitrogen and oxygen atoms in total. The number of benzene rings is 6. The van der Waals surface area contributed by atoms with Crippen LogP contribution in [0.15, 0.2) is 140 Å². The van der Waals surface area contributed by atoms with Gasteiger partial charge in [-0.05, 0) is 44.2 Å². The largest absolute Gasteiger partial charge is 0.208 e. The first-order valence-electron chi connectivity index (χ1n) is 14.7. The van der Waals surface area contributed by atoms with E-state index in [0.717, 1.165) is 22.1 Å². The van der Waals surface area contributed by atoms with Crippen molar-refractivity contribution in [2.75, 3.05) is 0 Å². The molecule has 3 heteroatoms. The summed E-state index contributed by atoms with van der Waals surface area (Å²) in [6.07, 6.45) is 0. The van der Waals surface area contributed by atoms with E-state index in [0.29, 0.717) is 17.5 Å². The van der Waals surface area contributed by atoms with Gasteiger partial charge in [-0.25, -0.2) is 15.0 Å². The van der Waals surface area contributed by atoms with Crippen molar-refractivity contribution in [3.63, 3.8) is 0 Å². The second-order valence-corrected chi connectivity index (χ2v) is 11.6. The summed E-state index contributed by atoms with van der Waals surface area (Å²) in [5.74, 6) is 2.02. The molecule has 204 valence electrons. The van der Waals surface area contributed by atoms with E-state index in [1.54, 1.807) is 0 Å². The minimum Gasteiger partial charge on any atom is -0.208 e. The minimum absolute atomic E-state index is 0.196. The molecule has 1 heterocycles. The minimum atomic E-state index is -0.196. The highest BCUT2D eigenvalue weighted by Gasteiger charge is 2.39. The maximum atomic E-state index is 5.05. The van der Waals surface area contributed by atoms with Gasteiger partial charge in [-0.3, -0.25) is 0 Å². The Morgan fingerprint density at radius 3 is 1.47 bits per heavy atom. The molecule has 0 bridgehead atoms. The fraction of sp³-hybridized carbons (Fsp3) is 0.0750. The third kappa shape index (κ3) is 4.08. The molecule has 0 radical (unpaired) electrons. The molecule has 7 aromatic rings. The van der Waals surface area contributed by atoms with Crippen LogP contribution in [0.25, 0.3) is 67.2 Å². The van der Waals surface area contributed by atoms with Gasteiger partial charge in [-0.15, -0.1) is 0 Å². The molecule has 0 atom stereocenters. The fourth-order valence-electron chi connectivity index (χ4n) is 6.81. The number of rotatable bonds is 4. The highest BCUT2D eigenvalue weighted by molar-refractivity contribution is 6.04. The molecule has 8 rings (SSSR count). The van der Waals surface area contributed by atoms with Crippen molar-refractivity contribution in [1.29, 1.82) is 0 Å². The molecule has 0 saturated carbocycles. The predicted molar refractivity (Wildman–Crippen MR) is 177 cm³/mol. The van der Waals surface area contributed by atoms with Crippen LogP contribution in [0, 0.1) is 0 Å². The number of hydrogen-bond donors (Lipinski definition) is 0. The number of aromatic nitrogens is 3. The summed E-state index contributed by atoms with van der Waals surface area (Å²) in [4.78, 5) is 15.0. The van der Waals surface area contributed by atoms with Crippen LogP contribution < -0.4 is 0 Å². The zero-order chi connectivity index (χ0) is 29.0. The Morgan fingerprint density at radius 1 is 0.349 bits per heavy atom. The summed E-state index contributed by atoms with van der Waals surface area (Å²) >= 11 is 0. The Bertz CT molecular complexity index is 2080. The standard InChI is InChI=1S/C40H29N3/c1-40(2)35-29(26-14-6-3-7-15-26)20-12-22-32(35)33-25-24-30-31(36(33)40)21-13-23-34(30)39-42-37(27-16-8-4-9-17-27)41-38(43-39)28-18-10-5-11-19-28/h3-25H,1-2H3. The zero-order valence-corrected chi connectivity index (χ0v) is 24.1. The van der Waals surface area contributed by atoms with Crippen molar-refractivity contribution in [3.05, 3.63) is 151 Å². The summed E-state index contributed by atoms with van der Waals surface area (Å²) in [5.41, 5.74) is 10.6. The van der Waals surface area contributed by atoms with Crippen molar-refractivity contribution < 1.29 is 0 Å². The molecule has 0 aliphatic heterocycles. The first kappa shape index (κ1) is 25.3. The van der Waals surface area contributed by atoms with Crippen molar-refractivity contribution in [1.82, 2.24) is 15.0 Å². The lowest BCUT2D eigenvalue weighted by molar-refractivity contribution is 0.668. The molecule has 0 amide bonds. The van der Waals surface area contributed by atoms with E-state index in [2.05, 4.69) is 92.7 Å². The van der Waals surface area contributed by atoms with Crippen molar-refractivity contribution in [2.45, 2.75) is 19.3 Å². The van der Waals surface area contributed by atoms with Crippen LogP contribution in [-0.4, -0.2) is 15.0 Å². The monoisotopic (exact) mass is 551 g/mol. The third-order valence-electron chi connectivity index (χ3n) is 8.69. The molecule has 0 spiro atoms. The van der Waals surface area contributed by atoms with Crippen LogP contribution in [0.3, 0.4) is 0 Å². The highest BCUT2D eigenvalue weighted by atomic mass is 15.0. The number of nitrogens with zero attached hydrogens (tertiary/aromatic N) is 3. The zero-order valence-electron chi connectivity index (χ0n) is 24.1. The molecule has 0 N–H and O–H groups in total. The second kappa shape index (κ2) is 9.85. The average Bonchev–Trinajstić information content (AvgIpc) is 3.32. The number of fused-ring (bicyclic) bond motifs is 5. The van der Waals surface area contributed by atoms with E-state index in [-0.39, 0.29) is 5.41 Å². The number of hydrogen-bond acceptors (Lipinski definition) is 3. The Balaban J connectivity index is 1.35. The van der Waals surface area contributed by atoms with E-state index in [4.69, 9.17) is 15.0 Å². The second-order valence-electron chi connectivity index (χ2n) is 11.6. The van der Waals surface area contributed by atoms with Crippen LogP contribution in [-0.2, 0) is 5.41 Å². The van der Waals surface area contributed by atoms with Gasteiger partial charge >= 0.3 is 0 Å². The predicted octanol–water partition coefficient (Wildman–Crippen LogP) is 10.00. The van der Waals surface area contributed by atoms with Crippen molar-refractivity contribution in [2.24, 2.45) is 0 Å². The molecule has 6 aromatic carbocycles. The highest BCUT2D eigenvalue weighted by Crippen LogP contribution is 2.54. The Labute approximate surface area is 251 Å². The van der Waals surface area contributed by atoms with Gasteiger partial charge in [0.1, 0.15) is 0 Å². The quantitative estimate of drug-likeness (QED) is 0.218. The first-order valence-corrected chi connectivity index (χ1v) is 14.7. The summed E-state index contributed by atoms with van der Waals surface area (Å²) < 4.78 is 0. The summed E-state index contributed by atoms with van der Waals surface area (Å²) in [6.45, 7) is 4.72. The molecule has 1 aliphatic rings. The van der Waals surface area contributed by atoms with Gasteiger partial charge in [-0.1, -0.05) is 153 Å². The maximum absolute atomic E-state index is 5.05. The van der Waals surface area contributed by atoms with Crippen LogP contribution in [0.4, 0.5) is 0 Å². The van der Waals surface area contributed by atoms with Crippen molar-refractivity contribution in [3.8, 4) is 56.4 Å². The SMILES string of the molecule is CC1(C)c2c(-c3ccccc3)cccc2-c2ccc3c(-c4nc(-c5ccccc5)nc(-c5ccccc5)n4)cccc3c21. The molecule has 1 aromatic heterocycles. The molecule has 43 heavy (non-hydrogen) atoms. The molecular formula is C40H29N3. The normalized spacial score (nSPS) is 13.1. The fourth-order valence-corrected chi connectivity index (χ4v) is 6.81. The first-order chi connectivity index (χ1) is 21.1.